The Morgan fingerprint density at radius 2 is 1.73 bits per heavy atom. The molecule has 2 aromatic carbocycles. The minimum atomic E-state index is -0.277. The minimum absolute atomic E-state index is 0.277. The van der Waals surface area contributed by atoms with Crippen molar-refractivity contribution in [2.75, 3.05) is 26.6 Å². The number of aromatic nitrogens is 1. The van der Waals surface area contributed by atoms with Crippen LogP contribution in [0.3, 0.4) is 0 Å². The fourth-order valence-corrected chi connectivity index (χ4v) is 3.29. The fraction of sp³-hybridized carbons (Fsp3) is 0.158. The lowest BCUT2D eigenvalue weighted by atomic mass is 10.1. The molecule has 26 heavy (non-hydrogen) atoms. The number of carbonyl (C=O) groups excluding carboxylic acids is 1. The van der Waals surface area contributed by atoms with Crippen LogP contribution in [0.15, 0.2) is 42.5 Å². The Kier molecular flexibility index (Phi) is 5.38. The van der Waals surface area contributed by atoms with Gasteiger partial charge in [-0.3, -0.25) is 10.1 Å². The first-order valence-electron chi connectivity index (χ1n) is 7.79. The van der Waals surface area contributed by atoms with Crippen molar-refractivity contribution < 1.29 is 19.0 Å². The third-order valence-corrected chi connectivity index (χ3v) is 4.63. The minimum Gasteiger partial charge on any atom is -0.496 e. The maximum absolute atomic E-state index is 12.2. The van der Waals surface area contributed by atoms with Crippen LogP contribution in [-0.4, -0.2) is 32.2 Å². The number of nitrogens with zero attached hydrogens (tertiary/aromatic N) is 1. The highest BCUT2D eigenvalue weighted by Gasteiger charge is 2.11. The highest BCUT2D eigenvalue weighted by atomic mass is 32.1. The van der Waals surface area contributed by atoms with Crippen LogP contribution in [0.1, 0.15) is 5.56 Å². The first-order valence-corrected chi connectivity index (χ1v) is 8.61. The van der Waals surface area contributed by atoms with Crippen LogP contribution < -0.4 is 19.5 Å². The molecule has 0 unspecified atom stereocenters. The lowest BCUT2D eigenvalue weighted by Gasteiger charge is -2.12. The molecule has 134 valence electrons. The zero-order valence-corrected chi connectivity index (χ0v) is 15.4. The summed E-state index contributed by atoms with van der Waals surface area (Å²) in [7, 11) is 4.66. The lowest BCUT2D eigenvalue weighted by molar-refractivity contribution is -0.111. The second-order valence-corrected chi connectivity index (χ2v) is 6.29. The van der Waals surface area contributed by atoms with E-state index in [9.17, 15) is 4.79 Å². The highest BCUT2D eigenvalue weighted by Crippen LogP contribution is 2.35. The monoisotopic (exact) mass is 370 g/mol. The highest BCUT2D eigenvalue weighted by molar-refractivity contribution is 7.22. The number of anilines is 1. The van der Waals surface area contributed by atoms with Crippen molar-refractivity contribution in [2.24, 2.45) is 0 Å². The van der Waals surface area contributed by atoms with Gasteiger partial charge in [0.25, 0.3) is 0 Å². The summed E-state index contributed by atoms with van der Waals surface area (Å²) in [6, 6.07) is 11.2. The molecule has 3 rings (SSSR count). The third-order valence-electron chi connectivity index (χ3n) is 3.67. The summed E-state index contributed by atoms with van der Waals surface area (Å²) in [6.07, 6.45) is 3.08. The molecule has 0 aliphatic heterocycles. The molecule has 0 radical (unpaired) electrons. The van der Waals surface area contributed by atoms with Gasteiger partial charge < -0.3 is 14.2 Å². The number of hydrogen-bond acceptors (Lipinski definition) is 6. The van der Waals surface area contributed by atoms with E-state index in [1.54, 1.807) is 39.5 Å². The molecular formula is C19H18N2O4S. The Hall–Kier alpha value is -3.06. The number of benzene rings is 2. The second-order valence-electron chi connectivity index (χ2n) is 5.26. The van der Waals surface area contributed by atoms with Gasteiger partial charge in [0.05, 0.1) is 31.5 Å². The van der Waals surface area contributed by atoms with E-state index < -0.39 is 0 Å². The number of rotatable bonds is 6. The quantitative estimate of drug-likeness (QED) is 0.665. The maximum atomic E-state index is 12.2. The summed E-state index contributed by atoms with van der Waals surface area (Å²) >= 11 is 1.43. The average molecular weight is 370 g/mol. The van der Waals surface area contributed by atoms with Gasteiger partial charge in [-0.1, -0.05) is 23.5 Å². The molecule has 1 heterocycles. The molecule has 3 aromatic rings. The van der Waals surface area contributed by atoms with Gasteiger partial charge >= 0.3 is 0 Å². The summed E-state index contributed by atoms with van der Waals surface area (Å²) in [5.74, 6) is 1.41. The van der Waals surface area contributed by atoms with Crippen molar-refractivity contribution in [2.45, 2.75) is 0 Å². The molecule has 6 nitrogen and oxygen atoms in total. The molecule has 0 saturated carbocycles. The number of fused-ring (bicyclic) bond motifs is 1. The van der Waals surface area contributed by atoms with Gasteiger partial charge in [0.15, 0.2) is 16.6 Å². The largest absolute Gasteiger partial charge is 0.496 e. The van der Waals surface area contributed by atoms with E-state index in [0.717, 1.165) is 10.2 Å². The molecule has 0 saturated heterocycles. The predicted octanol–water partition coefficient (Wildman–Crippen LogP) is 3.97. The Bertz CT molecular complexity index is 932. The Balaban J connectivity index is 1.79. The topological polar surface area (TPSA) is 69.7 Å². The molecule has 0 atom stereocenters. The first kappa shape index (κ1) is 17.8. The van der Waals surface area contributed by atoms with Crippen LogP contribution in [0, 0.1) is 0 Å². The molecule has 0 spiro atoms. The number of para-hydroxylation sites is 1. The lowest BCUT2D eigenvalue weighted by Crippen LogP contribution is -2.07. The molecule has 0 aliphatic carbocycles. The van der Waals surface area contributed by atoms with Gasteiger partial charge in [-0.05, 0) is 24.3 Å². The third kappa shape index (κ3) is 3.78. The van der Waals surface area contributed by atoms with Crippen molar-refractivity contribution in [3.63, 3.8) is 0 Å². The Morgan fingerprint density at radius 3 is 2.42 bits per heavy atom. The zero-order valence-electron chi connectivity index (χ0n) is 14.6. The van der Waals surface area contributed by atoms with Gasteiger partial charge in [-0.25, -0.2) is 4.98 Å². The summed E-state index contributed by atoms with van der Waals surface area (Å²) in [5, 5.41) is 3.33. The Morgan fingerprint density at radius 1 is 1.04 bits per heavy atom. The number of nitrogens with one attached hydrogen (secondary N) is 1. The second kappa shape index (κ2) is 7.88. The molecule has 1 aromatic heterocycles. The first-order chi connectivity index (χ1) is 12.6. The van der Waals surface area contributed by atoms with Crippen molar-refractivity contribution in [3.05, 3.63) is 48.0 Å². The van der Waals surface area contributed by atoms with Crippen LogP contribution in [0.5, 0.6) is 17.2 Å². The van der Waals surface area contributed by atoms with Crippen molar-refractivity contribution in [1.29, 1.82) is 0 Å². The van der Waals surface area contributed by atoms with Gasteiger partial charge in [0.1, 0.15) is 5.75 Å². The maximum Gasteiger partial charge on any atom is 0.250 e. The van der Waals surface area contributed by atoms with Crippen molar-refractivity contribution in [1.82, 2.24) is 4.98 Å². The zero-order chi connectivity index (χ0) is 18.5. The SMILES string of the molecule is COc1cc(OC)c(OC)cc1/C=C/C(=O)Nc1nc2ccccc2s1. The molecule has 0 aliphatic rings. The van der Waals surface area contributed by atoms with Gasteiger partial charge in [0.2, 0.25) is 5.91 Å². The van der Waals surface area contributed by atoms with E-state index in [4.69, 9.17) is 14.2 Å². The van der Waals surface area contributed by atoms with E-state index in [1.165, 1.54) is 17.4 Å². The van der Waals surface area contributed by atoms with Gasteiger partial charge in [-0.2, -0.15) is 0 Å². The summed E-state index contributed by atoms with van der Waals surface area (Å²) in [6.45, 7) is 0. The molecule has 0 fully saturated rings. The van der Waals surface area contributed by atoms with E-state index in [-0.39, 0.29) is 5.91 Å². The molecule has 1 N–H and O–H groups in total. The van der Waals surface area contributed by atoms with E-state index in [2.05, 4.69) is 10.3 Å². The predicted molar refractivity (Wildman–Crippen MR) is 103 cm³/mol. The number of hydrogen-bond donors (Lipinski definition) is 1. The summed E-state index contributed by atoms with van der Waals surface area (Å²) < 4.78 is 16.9. The van der Waals surface area contributed by atoms with Gasteiger partial charge in [0, 0.05) is 17.7 Å². The van der Waals surface area contributed by atoms with Crippen LogP contribution in [0.2, 0.25) is 0 Å². The molecule has 0 bridgehead atoms. The molecular weight excluding hydrogens is 352 g/mol. The molecule has 1 amide bonds. The number of carbonyl (C=O) groups is 1. The normalized spacial score (nSPS) is 10.9. The van der Waals surface area contributed by atoms with Crippen molar-refractivity contribution in [3.8, 4) is 17.2 Å². The summed E-state index contributed by atoms with van der Waals surface area (Å²) in [5.41, 5.74) is 1.56. The number of methoxy groups -OCH3 is 3. The average Bonchev–Trinajstić information content (AvgIpc) is 3.07. The van der Waals surface area contributed by atoms with E-state index in [0.29, 0.717) is 27.9 Å². The number of ether oxygens (including phenoxy) is 3. The smallest absolute Gasteiger partial charge is 0.250 e. The van der Waals surface area contributed by atoms with E-state index >= 15 is 0 Å². The number of amides is 1. The Labute approximate surface area is 155 Å². The van der Waals surface area contributed by atoms with Crippen LogP contribution in [0.25, 0.3) is 16.3 Å². The van der Waals surface area contributed by atoms with E-state index in [1.807, 2.05) is 24.3 Å². The van der Waals surface area contributed by atoms with Crippen molar-refractivity contribution >= 4 is 38.7 Å². The van der Waals surface area contributed by atoms with Crippen LogP contribution in [-0.2, 0) is 4.79 Å². The fourth-order valence-electron chi connectivity index (χ4n) is 2.42. The van der Waals surface area contributed by atoms with Gasteiger partial charge in [-0.15, -0.1) is 0 Å². The van der Waals surface area contributed by atoms with Crippen LogP contribution >= 0.6 is 11.3 Å². The standard InChI is InChI=1S/C19H18N2O4S/c1-23-14-11-16(25-3)15(24-2)10-12(14)8-9-18(22)21-19-20-13-6-4-5-7-17(13)26-19/h4-11H,1-3H3,(H,20,21,22)/b9-8+. The summed E-state index contributed by atoms with van der Waals surface area (Å²) in [4.78, 5) is 16.6. The van der Waals surface area contributed by atoms with Crippen LogP contribution in [0.4, 0.5) is 5.13 Å². The number of thiazole rings is 1. The molecule has 7 heteroatoms.